The lowest BCUT2D eigenvalue weighted by Gasteiger charge is -2.30. The second-order valence-electron chi connectivity index (χ2n) is 10.3. The van der Waals surface area contributed by atoms with Gasteiger partial charge in [-0.3, -0.25) is 0 Å². The molecule has 0 radical (unpaired) electrons. The van der Waals surface area contributed by atoms with Crippen molar-refractivity contribution in [1.82, 2.24) is 0 Å². The van der Waals surface area contributed by atoms with E-state index in [1.807, 2.05) is 6.92 Å². The molecule has 1 N–H and O–H groups in total. The summed E-state index contributed by atoms with van der Waals surface area (Å²) in [5.41, 5.74) is 1.51. The van der Waals surface area contributed by atoms with Crippen LogP contribution in [-0.4, -0.2) is 17.8 Å². The van der Waals surface area contributed by atoms with E-state index >= 15 is 4.39 Å². The van der Waals surface area contributed by atoms with E-state index in [9.17, 15) is 18.3 Å². The second-order valence-corrected chi connectivity index (χ2v) is 10.3. The molecular formula is C29H36F4O2. The van der Waals surface area contributed by atoms with E-state index in [1.54, 1.807) is 24.3 Å². The highest BCUT2D eigenvalue weighted by Crippen LogP contribution is 2.41. The fourth-order valence-electron chi connectivity index (χ4n) is 5.86. The van der Waals surface area contributed by atoms with Crippen LogP contribution in [0.1, 0.15) is 98.8 Å². The van der Waals surface area contributed by atoms with Gasteiger partial charge < -0.3 is 9.84 Å². The summed E-state index contributed by atoms with van der Waals surface area (Å²) in [6.07, 6.45) is 6.75. The fourth-order valence-corrected chi connectivity index (χ4v) is 5.86. The molecule has 2 saturated carbocycles. The third-order valence-corrected chi connectivity index (χ3v) is 8.09. The SMILES string of the molecule is CCOCc1ccc(CCC2CCC(c3ccc(C4CCC(O)CC4)c(F)c3F)CC2)c(F)c1F. The topological polar surface area (TPSA) is 29.5 Å². The van der Waals surface area contributed by atoms with E-state index in [4.69, 9.17) is 4.74 Å². The average Bonchev–Trinajstić information content (AvgIpc) is 2.87. The lowest BCUT2D eigenvalue weighted by molar-refractivity contribution is 0.122. The van der Waals surface area contributed by atoms with Gasteiger partial charge in [-0.25, -0.2) is 17.6 Å². The third-order valence-electron chi connectivity index (χ3n) is 8.09. The van der Waals surface area contributed by atoms with Gasteiger partial charge >= 0.3 is 0 Å². The van der Waals surface area contributed by atoms with Gasteiger partial charge in [0.25, 0.3) is 0 Å². The van der Waals surface area contributed by atoms with E-state index in [0.717, 1.165) is 32.1 Å². The van der Waals surface area contributed by atoms with Crippen LogP contribution in [0.25, 0.3) is 0 Å². The van der Waals surface area contributed by atoms with Crippen molar-refractivity contribution in [2.45, 2.75) is 95.7 Å². The van der Waals surface area contributed by atoms with Gasteiger partial charge in [0.15, 0.2) is 23.3 Å². The van der Waals surface area contributed by atoms with E-state index in [0.29, 0.717) is 61.3 Å². The molecule has 2 aromatic carbocycles. The summed E-state index contributed by atoms with van der Waals surface area (Å²) in [4.78, 5) is 0. The van der Waals surface area contributed by atoms with Gasteiger partial charge in [0, 0.05) is 12.2 Å². The lowest BCUT2D eigenvalue weighted by atomic mass is 9.76. The Labute approximate surface area is 205 Å². The summed E-state index contributed by atoms with van der Waals surface area (Å²) in [6, 6.07) is 6.74. The predicted octanol–water partition coefficient (Wildman–Crippen LogP) is 7.70. The molecule has 0 heterocycles. The molecule has 2 aliphatic rings. The number of hydrogen-bond donors (Lipinski definition) is 1. The van der Waals surface area contributed by atoms with Gasteiger partial charge in [-0.05, 0) is 106 Å². The minimum atomic E-state index is -0.829. The van der Waals surface area contributed by atoms with Gasteiger partial charge in [0.05, 0.1) is 12.7 Å². The van der Waals surface area contributed by atoms with Crippen molar-refractivity contribution in [3.63, 3.8) is 0 Å². The first kappa shape index (κ1) is 26.2. The van der Waals surface area contributed by atoms with Gasteiger partial charge in [0.2, 0.25) is 0 Å². The number of halogens is 4. The molecule has 0 bridgehead atoms. The second kappa shape index (κ2) is 11.9. The molecule has 0 amide bonds. The largest absolute Gasteiger partial charge is 0.393 e. The Morgan fingerprint density at radius 1 is 0.714 bits per heavy atom. The molecular weight excluding hydrogens is 456 g/mol. The van der Waals surface area contributed by atoms with Crippen molar-refractivity contribution in [2.75, 3.05) is 6.61 Å². The first-order valence-corrected chi connectivity index (χ1v) is 13.1. The zero-order chi connectivity index (χ0) is 24.9. The van der Waals surface area contributed by atoms with Gasteiger partial charge in [-0.2, -0.15) is 0 Å². The van der Waals surface area contributed by atoms with Crippen molar-refractivity contribution < 1.29 is 27.4 Å². The first-order valence-electron chi connectivity index (χ1n) is 13.1. The highest BCUT2D eigenvalue weighted by atomic mass is 19.2. The molecule has 2 aliphatic carbocycles. The molecule has 0 saturated heterocycles. The Hall–Kier alpha value is -1.92. The first-order chi connectivity index (χ1) is 16.9. The Balaban J connectivity index is 1.32. The summed E-state index contributed by atoms with van der Waals surface area (Å²) in [7, 11) is 0. The predicted molar refractivity (Wildman–Crippen MR) is 128 cm³/mol. The maximum Gasteiger partial charge on any atom is 0.164 e. The average molecular weight is 493 g/mol. The van der Waals surface area contributed by atoms with Crippen molar-refractivity contribution in [1.29, 1.82) is 0 Å². The van der Waals surface area contributed by atoms with Crippen LogP contribution in [0.3, 0.4) is 0 Å². The highest BCUT2D eigenvalue weighted by Gasteiger charge is 2.29. The summed E-state index contributed by atoms with van der Waals surface area (Å²) in [5.74, 6) is -2.76. The van der Waals surface area contributed by atoms with Crippen molar-refractivity contribution in [3.8, 4) is 0 Å². The normalized spacial score (nSPS) is 25.1. The van der Waals surface area contributed by atoms with Crippen LogP contribution in [-0.2, 0) is 17.8 Å². The van der Waals surface area contributed by atoms with Gasteiger partial charge in [-0.15, -0.1) is 0 Å². The van der Waals surface area contributed by atoms with Crippen molar-refractivity contribution >= 4 is 0 Å². The fraction of sp³-hybridized carbons (Fsp3) is 0.586. The number of aliphatic hydroxyl groups is 1. The number of aryl methyl sites for hydroxylation is 1. The molecule has 0 aromatic heterocycles. The Kier molecular flexibility index (Phi) is 8.87. The van der Waals surface area contributed by atoms with E-state index in [1.165, 1.54) is 0 Å². The number of ether oxygens (including phenoxy) is 1. The van der Waals surface area contributed by atoms with Crippen LogP contribution in [0.5, 0.6) is 0 Å². The Morgan fingerprint density at radius 3 is 1.80 bits per heavy atom. The van der Waals surface area contributed by atoms with E-state index < -0.39 is 23.3 Å². The molecule has 0 aliphatic heterocycles. The third kappa shape index (κ3) is 6.08. The molecule has 2 nitrogen and oxygen atoms in total. The quantitative estimate of drug-likeness (QED) is 0.383. The molecule has 4 rings (SSSR count). The Bertz CT molecular complexity index is 993. The molecule has 2 aromatic rings. The summed E-state index contributed by atoms with van der Waals surface area (Å²) < 4.78 is 63.9. The van der Waals surface area contributed by atoms with Crippen LogP contribution in [0, 0.1) is 29.2 Å². The zero-order valence-corrected chi connectivity index (χ0v) is 20.5. The van der Waals surface area contributed by atoms with E-state index in [2.05, 4.69) is 0 Å². The smallest absolute Gasteiger partial charge is 0.164 e. The Morgan fingerprint density at radius 2 is 1.23 bits per heavy atom. The summed E-state index contributed by atoms with van der Waals surface area (Å²) in [5, 5.41) is 9.69. The molecule has 192 valence electrons. The minimum absolute atomic E-state index is 0.0185. The molecule has 0 unspecified atom stereocenters. The van der Waals surface area contributed by atoms with E-state index in [-0.39, 0.29) is 30.1 Å². The molecule has 6 heteroatoms. The number of aliphatic hydroxyl groups excluding tert-OH is 1. The monoisotopic (exact) mass is 492 g/mol. The summed E-state index contributed by atoms with van der Waals surface area (Å²) >= 11 is 0. The van der Waals surface area contributed by atoms with Crippen molar-refractivity contribution in [2.24, 2.45) is 5.92 Å². The molecule has 0 spiro atoms. The minimum Gasteiger partial charge on any atom is -0.393 e. The summed E-state index contributed by atoms with van der Waals surface area (Å²) in [6.45, 7) is 2.31. The van der Waals surface area contributed by atoms with Crippen LogP contribution in [0.4, 0.5) is 17.6 Å². The number of hydrogen-bond acceptors (Lipinski definition) is 2. The lowest BCUT2D eigenvalue weighted by Crippen LogP contribution is -2.19. The molecule has 2 fully saturated rings. The molecule has 35 heavy (non-hydrogen) atoms. The van der Waals surface area contributed by atoms with Crippen LogP contribution in [0.2, 0.25) is 0 Å². The number of rotatable bonds is 8. The zero-order valence-electron chi connectivity index (χ0n) is 20.5. The van der Waals surface area contributed by atoms with Crippen molar-refractivity contribution in [3.05, 3.63) is 69.8 Å². The van der Waals surface area contributed by atoms with Crippen LogP contribution in [0.15, 0.2) is 24.3 Å². The molecule has 0 atom stereocenters. The van der Waals surface area contributed by atoms with Crippen LogP contribution >= 0.6 is 0 Å². The standard InChI is InChI=1S/C29H36F4O2/c1-2-35-17-22-10-9-21(26(30)27(22)31)8-5-18-3-6-19(7-4-18)24-15-16-25(29(33)28(24)32)20-11-13-23(34)14-12-20/h9-10,15-16,18-20,23,34H,2-8,11-14,17H2,1H3. The highest BCUT2D eigenvalue weighted by molar-refractivity contribution is 5.32. The number of benzene rings is 2. The van der Waals surface area contributed by atoms with Crippen LogP contribution < -0.4 is 0 Å². The maximum atomic E-state index is 15.0. The van der Waals surface area contributed by atoms with Gasteiger partial charge in [0.1, 0.15) is 0 Å². The van der Waals surface area contributed by atoms with Gasteiger partial charge in [-0.1, -0.05) is 24.3 Å². The maximum absolute atomic E-state index is 15.0.